The third kappa shape index (κ3) is 7.73. The minimum atomic E-state index is -4.38. The van der Waals surface area contributed by atoms with Gasteiger partial charge in [0.1, 0.15) is 12.4 Å². The van der Waals surface area contributed by atoms with Crippen molar-refractivity contribution in [2.75, 3.05) is 19.8 Å². The van der Waals surface area contributed by atoms with Crippen LogP contribution in [0.4, 0.5) is 17.6 Å². The number of hydrogen-bond donors (Lipinski definition) is 1. The predicted octanol–water partition coefficient (Wildman–Crippen LogP) is 2.45. The summed E-state index contributed by atoms with van der Waals surface area (Å²) in [7, 11) is 0. The molecule has 0 bridgehead atoms. The maximum absolute atomic E-state index is 12.9. The molecule has 0 saturated carbocycles. The molecule has 0 heterocycles. The first kappa shape index (κ1) is 16.4. The van der Waals surface area contributed by atoms with Crippen molar-refractivity contribution in [3.8, 4) is 0 Å². The number of nitrogens with one attached hydrogen (secondary N) is 1. The largest absolute Gasteiger partial charge is 0.411 e. The molecule has 0 spiro atoms. The summed E-state index contributed by atoms with van der Waals surface area (Å²) >= 11 is 0. The van der Waals surface area contributed by atoms with Gasteiger partial charge in [0.2, 0.25) is 5.91 Å². The van der Waals surface area contributed by atoms with Gasteiger partial charge in [0.25, 0.3) is 0 Å². The Morgan fingerprint density at radius 3 is 2.70 bits per heavy atom. The number of carbonyl (C=O) groups is 1. The first-order chi connectivity index (χ1) is 9.37. The van der Waals surface area contributed by atoms with Crippen LogP contribution in [0, 0.1) is 5.82 Å². The van der Waals surface area contributed by atoms with Gasteiger partial charge in [-0.2, -0.15) is 13.2 Å². The minimum Gasteiger partial charge on any atom is -0.372 e. The lowest BCUT2D eigenvalue weighted by atomic mass is 10.1. The second-order valence-corrected chi connectivity index (χ2v) is 4.15. The van der Waals surface area contributed by atoms with Crippen molar-refractivity contribution >= 4 is 5.91 Å². The summed E-state index contributed by atoms with van der Waals surface area (Å²) in [6.07, 6.45) is -4.07. The van der Waals surface area contributed by atoms with Crippen LogP contribution in [-0.4, -0.2) is 31.8 Å². The molecule has 0 radical (unpaired) electrons. The number of alkyl halides is 3. The molecule has 0 aliphatic rings. The van der Waals surface area contributed by atoms with E-state index in [0.29, 0.717) is 13.0 Å². The molecule has 7 heteroatoms. The lowest BCUT2D eigenvalue weighted by molar-refractivity contribution is -0.174. The summed E-state index contributed by atoms with van der Waals surface area (Å²) in [6.45, 7) is -1.35. The number of halogens is 4. The fourth-order valence-corrected chi connectivity index (χ4v) is 1.48. The first-order valence-corrected chi connectivity index (χ1v) is 6.02. The number of rotatable bonds is 7. The monoisotopic (exact) mass is 293 g/mol. The maximum Gasteiger partial charge on any atom is 0.411 e. The molecule has 3 nitrogen and oxygen atoms in total. The highest BCUT2D eigenvalue weighted by Gasteiger charge is 2.27. The van der Waals surface area contributed by atoms with Gasteiger partial charge in [-0.05, 0) is 24.1 Å². The van der Waals surface area contributed by atoms with Gasteiger partial charge in [-0.1, -0.05) is 12.1 Å². The van der Waals surface area contributed by atoms with Crippen LogP contribution in [0.5, 0.6) is 0 Å². The number of ether oxygens (including phenoxy) is 1. The van der Waals surface area contributed by atoms with Crippen LogP contribution in [0.25, 0.3) is 0 Å². The Kier molecular flexibility index (Phi) is 6.44. The molecule has 1 aromatic carbocycles. The Morgan fingerprint density at radius 2 is 2.05 bits per heavy atom. The van der Waals surface area contributed by atoms with Gasteiger partial charge in [-0.3, -0.25) is 4.79 Å². The van der Waals surface area contributed by atoms with E-state index in [9.17, 15) is 22.4 Å². The van der Waals surface area contributed by atoms with Gasteiger partial charge < -0.3 is 10.1 Å². The van der Waals surface area contributed by atoms with Crippen LogP contribution in [0.3, 0.4) is 0 Å². The van der Waals surface area contributed by atoms with Gasteiger partial charge >= 0.3 is 6.18 Å². The molecular formula is C13H15F4NO2. The molecule has 20 heavy (non-hydrogen) atoms. The van der Waals surface area contributed by atoms with E-state index in [2.05, 4.69) is 10.1 Å². The van der Waals surface area contributed by atoms with Crippen molar-refractivity contribution in [2.24, 2.45) is 0 Å². The average Bonchev–Trinajstić information content (AvgIpc) is 2.34. The van der Waals surface area contributed by atoms with Crippen molar-refractivity contribution in [3.05, 3.63) is 35.6 Å². The topological polar surface area (TPSA) is 38.3 Å². The number of carbonyl (C=O) groups excluding carboxylic acids is 1. The van der Waals surface area contributed by atoms with E-state index < -0.39 is 18.7 Å². The van der Waals surface area contributed by atoms with Gasteiger partial charge in [0.15, 0.2) is 0 Å². The van der Waals surface area contributed by atoms with E-state index in [1.54, 1.807) is 12.1 Å². The third-order valence-corrected chi connectivity index (χ3v) is 2.36. The highest BCUT2D eigenvalue weighted by atomic mass is 19.4. The van der Waals surface area contributed by atoms with Gasteiger partial charge in [0, 0.05) is 13.0 Å². The van der Waals surface area contributed by atoms with Gasteiger partial charge in [0.05, 0.1) is 6.61 Å². The number of hydrogen-bond acceptors (Lipinski definition) is 2. The smallest absolute Gasteiger partial charge is 0.372 e. The SMILES string of the molecule is O=C(CCOCC(F)(F)F)NCCc1cccc(F)c1. The summed E-state index contributed by atoms with van der Waals surface area (Å²) in [5.41, 5.74) is 0.735. The standard InChI is InChI=1S/C13H15F4NO2/c14-11-3-1-2-10(8-11)4-6-18-12(19)5-7-20-9-13(15,16)17/h1-3,8H,4-7,9H2,(H,18,19). The first-order valence-electron chi connectivity index (χ1n) is 6.02. The predicted molar refractivity (Wildman–Crippen MR) is 64.6 cm³/mol. The molecule has 0 aliphatic carbocycles. The van der Waals surface area contributed by atoms with Crippen molar-refractivity contribution < 1.29 is 27.1 Å². The third-order valence-electron chi connectivity index (χ3n) is 2.36. The Labute approximate surface area is 113 Å². The molecule has 0 aliphatic heterocycles. The highest BCUT2D eigenvalue weighted by Crippen LogP contribution is 2.14. The molecule has 1 aromatic rings. The molecule has 1 rings (SSSR count). The van der Waals surface area contributed by atoms with E-state index in [0.717, 1.165) is 5.56 Å². The van der Waals surface area contributed by atoms with E-state index >= 15 is 0 Å². The molecule has 112 valence electrons. The van der Waals surface area contributed by atoms with Crippen molar-refractivity contribution in [1.82, 2.24) is 5.32 Å². The van der Waals surface area contributed by atoms with Crippen molar-refractivity contribution in [3.63, 3.8) is 0 Å². The molecule has 0 unspecified atom stereocenters. The second kappa shape index (κ2) is 7.84. The van der Waals surface area contributed by atoms with Gasteiger partial charge in [-0.15, -0.1) is 0 Å². The van der Waals surface area contributed by atoms with E-state index in [1.165, 1.54) is 12.1 Å². The molecule has 0 aromatic heterocycles. The van der Waals surface area contributed by atoms with Crippen molar-refractivity contribution in [2.45, 2.75) is 19.0 Å². The zero-order valence-electron chi connectivity index (χ0n) is 10.7. The van der Waals surface area contributed by atoms with E-state index in [1.807, 2.05) is 0 Å². The Hall–Kier alpha value is -1.63. The van der Waals surface area contributed by atoms with Crippen LogP contribution < -0.4 is 5.32 Å². The molecular weight excluding hydrogens is 278 g/mol. The normalized spacial score (nSPS) is 11.4. The van der Waals surface area contributed by atoms with E-state index in [-0.39, 0.29) is 18.8 Å². The maximum atomic E-state index is 12.9. The molecule has 0 saturated heterocycles. The Balaban J connectivity index is 2.11. The van der Waals surface area contributed by atoms with Crippen LogP contribution in [0.1, 0.15) is 12.0 Å². The average molecular weight is 293 g/mol. The van der Waals surface area contributed by atoms with Crippen LogP contribution in [0.2, 0.25) is 0 Å². The Morgan fingerprint density at radius 1 is 1.30 bits per heavy atom. The molecule has 1 N–H and O–H groups in total. The summed E-state index contributed by atoms with van der Waals surface area (Å²) in [5.74, 6) is -0.752. The second-order valence-electron chi connectivity index (χ2n) is 4.15. The fourth-order valence-electron chi connectivity index (χ4n) is 1.48. The summed E-state index contributed by atoms with van der Waals surface area (Å²) in [6, 6.07) is 5.97. The number of benzene rings is 1. The lowest BCUT2D eigenvalue weighted by Gasteiger charge is -2.08. The minimum absolute atomic E-state index is 0.140. The summed E-state index contributed by atoms with van der Waals surface area (Å²) in [5, 5.41) is 2.53. The fraction of sp³-hybridized carbons (Fsp3) is 0.462. The van der Waals surface area contributed by atoms with Crippen LogP contribution >= 0.6 is 0 Å². The Bertz CT molecular complexity index is 435. The zero-order valence-corrected chi connectivity index (χ0v) is 10.7. The highest BCUT2D eigenvalue weighted by molar-refractivity contribution is 5.75. The quantitative estimate of drug-likeness (QED) is 0.619. The summed E-state index contributed by atoms with van der Waals surface area (Å²) < 4.78 is 52.4. The van der Waals surface area contributed by atoms with Crippen LogP contribution in [0.15, 0.2) is 24.3 Å². The molecule has 0 atom stereocenters. The van der Waals surface area contributed by atoms with Crippen molar-refractivity contribution in [1.29, 1.82) is 0 Å². The number of amides is 1. The van der Waals surface area contributed by atoms with E-state index in [4.69, 9.17) is 0 Å². The van der Waals surface area contributed by atoms with Gasteiger partial charge in [-0.25, -0.2) is 4.39 Å². The summed E-state index contributed by atoms with van der Waals surface area (Å²) in [4.78, 5) is 11.3. The van der Waals surface area contributed by atoms with Crippen LogP contribution in [-0.2, 0) is 16.0 Å². The zero-order chi connectivity index (χ0) is 15.0. The lowest BCUT2D eigenvalue weighted by Crippen LogP contribution is -2.27. The molecule has 1 amide bonds. The molecule has 0 fully saturated rings.